The van der Waals surface area contributed by atoms with Crippen LogP contribution in [0.25, 0.3) is 0 Å². The van der Waals surface area contributed by atoms with E-state index in [1.54, 1.807) is 6.33 Å². The first-order valence-electron chi connectivity index (χ1n) is 9.58. The Morgan fingerprint density at radius 2 is 2.15 bits per heavy atom. The number of aromatic nitrogens is 4. The predicted octanol–water partition coefficient (Wildman–Crippen LogP) is 2.30. The van der Waals surface area contributed by atoms with Gasteiger partial charge in [-0.2, -0.15) is 5.10 Å². The molecular weight excluding hydrogens is 328 g/mol. The highest BCUT2D eigenvalue weighted by molar-refractivity contribution is 5.92. The molecule has 3 saturated heterocycles. The summed E-state index contributed by atoms with van der Waals surface area (Å²) in [5, 5.41) is 7.28. The van der Waals surface area contributed by atoms with Crippen molar-refractivity contribution in [3.05, 3.63) is 35.2 Å². The summed E-state index contributed by atoms with van der Waals surface area (Å²) in [6, 6.07) is 2.18. The van der Waals surface area contributed by atoms with Crippen LogP contribution in [0.1, 0.15) is 60.2 Å². The molecule has 5 heterocycles. The summed E-state index contributed by atoms with van der Waals surface area (Å²) in [5.41, 5.74) is 3.81. The Bertz CT molecular complexity index is 779. The van der Waals surface area contributed by atoms with Crippen molar-refractivity contribution in [2.45, 2.75) is 52.1 Å². The van der Waals surface area contributed by atoms with Crippen molar-refractivity contribution >= 4 is 5.91 Å². The molecule has 0 aliphatic carbocycles. The van der Waals surface area contributed by atoms with Crippen molar-refractivity contribution in [2.75, 3.05) is 19.6 Å². The van der Waals surface area contributed by atoms with Gasteiger partial charge in [-0.25, -0.2) is 4.98 Å². The van der Waals surface area contributed by atoms with Crippen molar-refractivity contribution in [1.29, 1.82) is 0 Å². The molecule has 0 saturated carbocycles. The average Bonchev–Trinajstić information content (AvgIpc) is 3.16. The van der Waals surface area contributed by atoms with Gasteiger partial charge >= 0.3 is 0 Å². The molecule has 2 bridgehead atoms. The van der Waals surface area contributed by atoms with Crippen molar-refractivity contribution in [3.63, 3.8) is 0 Å². The van der Waals surface area contributed by atoms with Gasteiger partial charge in [0.2, 0.25) is 0 Å². The van der Waals surface area contributed by atoms with Crippen LogP contribution < -0.4 is 0 Å². The first-order valence-corrected chi connectivity index (χ1v) is 9.58. The second kappa shape index (κ2) is 6.87. The van der Waals surface area contributed by atoms with Crippen LogP contribution in [-0.4, -0.2) is 61.5 Å². The molecule has 2 atom stereocenters. The van der Waals surface area contributed by atoms with E-state index in [1.807, 2.05) is 6.07 Å². The van der Waals surface area contributed by atoms with E-state index < -0.39 is 0 Å². The molecule has 0 aromatic carbocycles. The largest absolute Gasteiger partial charge is 0.348 e. The van der Waals surface area contributed by atoms with Gasteiger partial charge in [0.1, 0.15) is 5.69 Å². The molecule has 1 amide bonds. The lowest BCUT2D eigenvalue weighted by atomic mass is 9.94. The maximum Gasteiger partial charge on any atom is 0.274 e. The molecule has 2 N–H and O–H groups in total. The molecule has 0 unspecified atom stereocenters. The van der Waals surface area contributed by atoms with Gasteiger partial charge in [0, 0.05) is 43.6 Å². The molecule has 26 heavy (non-hydrogen) atoms. The number of imidazole rings is 1. The summed E-state index contributed by atoms with van der Waals surface area (Å²) in [5.74, 6) is 0.943. The standard InChI is InChI=1S/C19H28N6O/c1-12(2)16-6-17(23-22-16)19(26)25-8-14-4-5-15(25)9-24(7-14)10-18-13(3)20-11-21-18/h6,11-12,14-15H,4-5,7-10H2,1-3H3,(H,20,21)(H,22,23)/t14-,15+/m1/s1. The van der Waals surface area contributed by atoms with Crippen LogP contribution in [-0.2, 0) is 6.54 Å². The van der Waals surface area contributed by atoms with Gasteiger partial charge < -0.3 is 9.88 Å². The Balaban J connectivity index is 1.49. The van der Waals surface area contributed by atoms with E-state index in [2.05, 4.69) is 50.7 Å². The van der Waals surface area contributed by atoms with Gasteiger partial charge in [-0.3, -0.25) is 14.8 Å². The Labute approximate surface area is 154 Å². The summed E-state index contributed by atoms with van der Waals surface area (Å²) in [6.45, 7) is 9.90. The van der Waals surface area contributed by atoms with E-state index in [9.17, 15) is 4.79 Å². The number of amides is 1. The van der Waals surface area contributed by atoms with Gasteiger partial charge in [-0.15, -0.1) is 0 Å². The Morgan fingerprint density at radius 1 is 1.31 bits per heavy atom. The topological polar surface area (TPSA) is 80.9 Å². The number of rotatable bonds is 4. The summed E-state index contributed by atoms with van der Waals surface area (Å²) in [4.78, 5) is 25.2. The van der Waals surface area contributed by atoms with Gasteiger partial charge in [0.25, 0.3) is 5.91 Å². The van der Waals surface area contributed by atoms with Crippen LogP contribution in [0, 0.1) is 12.8 Å². The molecule has 5 rings (SSSR count). The second-order valence-electron chi connectivity index (χ2n) is 8.09. The van der Waals surface area contributed by atoms with Crippen LogP contribution in [0.3, 0.4) is 0 Å². The minimum atomic E-state index is 0.0700. The van der Waals surface area contributed by atoms with Gasteiger partial charge in [-0.05, 0) is 37.7 Å². The van der Waals surface area contributed by atoms with Crippen LogP contribution in [0.4, 0.5) is 0 Å². The number of carbonyl (C=O) groups excluding carboxylic acids is 1. The zero-order valence-corrected chi connectivity index (χ0v) is 15.8. The zero-order chi connectivity index (χ0) is 18.3. The van der Waals surface area contributed by atoms with E-state index in [4.69, 9.17) is 0 Å². The molecule has 7 nitrogen and oxygen atoms in total. The molecule has 0 spiro atoms. The third kappa shape index (κ3) is 3.28. The van der Waals surface area contributed by atoms with E-state index >= 15 is 0 Å². The monoisotopic (exact) mass is 356 g/mol. The third-order valence-electron chi connectivity index (χ3n) is 5.80. The highest BCUT2D eigenvalue weighted by Gasteiger charge is 2.38. The number of hydrogen-bond donors (Lipinski definition) is 2. The summed E-state index contributed by atoms with van der Waals surface area (Å²) in [7, 11) is 0. The van der Waals surface area contributed by atoms with Crippen LogP contribution >= 0.6 is 0 Å². The molecule has 3 aliphatic rings. The lowest BCUT2D eigenvalue weighted by Gasteiger charge is -2.35. The first-order chi connectivity index (χ1) is 12.5. The Kier molecular flexibility index (Phi) is 4.56. The van der Waals surface area contributed by atoms with Crippen LogP contribution in [0.2, 0.25) is 0 Å². The third-order valence-corrected chi connectivity index (χ3v) is 5.80. The minimum Gasteiger partial charge on any atom is -0.348 e. The number of nitrogens with one attached hydrogen (secondary N) is 2. The average molecular weight is 356 g/mol. The van der Waals surface area contributed by atoms with E-state index in [1.165, 1.54) is 6.42 Å². The highest BCUT2D eigenvalue weighted by Crippen LogP contribution is 2.30. The maximum atomic E-state index is 13.1. The fourth-order valence-electron chi connectivity index (χ4n) is 4.20. The number of fused-ring (bicyclic) bond motifs is 4. The second-order valence-corrected chi connectivity index (χ2v) is 8.09. The van der Waals surface area contributed by atoms with Crippen molar-refractivity contribution in [1.82, 2.24) is 30.0 Å². The molecule has 140 valence electrons. The van der Waals surface area contributed by atoms with Crippen molar-refractivity contribution < 1.29 is 4.79 Å². The Morgan fingerprint density at radius 3 is 2.85 bits per heavy atom. The van der Waals surface area contributed by atoms with E-state index in [0.29, 0.717) is 17.5 Å². The van der Waals surface area contributed by atoms with Crippen molar-refractivity contribution in [3.8, 4) is 0 Å². The SMILES string of the molecule is Cc1[nH]cnc1CN1C[C@H]2CC[C@@H](C1)N(C(=O)c1cc(C(C)C)[nH]n1)C2. The number of piperidine rings is 1. The molecule has 3 aliphatic heterocycles. The lowest BCUT2D eigenvalue weighted by molar-refractivity contribution is 0.0578. The molecule has 7 heteroatoms. The van der Waals surface area contributed by atoms with Gasteiger partial charge in [-0.1, -0.05) is 13.8 Å². The number of aromatic amines is 2. The summed E-state index contributed by atoms with van der Waals surface area (Å²) >= 11 is 0. The minimum absolute atomic E-state index is 0.0700. The quantitative estimate of drug-likeness (QED) is 0.881. The van der Waals surface area contributed by atoms with E-state index in [-0.39, 0.29) is 11.9 Å². The lowest BCUT2D eigenvalue weighted by Crippen LogP contribution is -2.47. The van der Waals surface area contributed by atoms with Crippen molar-refractivity contribution in [2.24, 2.45) is 5.92 Å². The molecule has 2 aromatic heterocycles. The molecular formula is C19H28N6O. The smallest absolute Gasteiger partial charge is 0.274 e. The normalized spacial score (nSPS) is 23.6. The van der Waals surface area contributed by atoms with E-state index in [0.717, 1.165) is 49.7 Å². The molecule has 2 aromatic rings. The van der Waals surface area contributed by atoms with Gasteiger partial charge in [0.15, 0.2) is 0 Å². The highest BCUT2D eigenvalue weighted by atomic mass is 16.2. The summed E-state index contributed by atoms with van der Waals surface area (Å²) in [6.07, 6.45) is 4.03. The maximum absolute atomic E-state index is 13.1. The number of aryl methyl sites for hydroxylation is 1. The molecule has 3 fully saturated rings. The first kappa shape index (κ1) is 17.3. The Hall–Kier alpha value is -2.15. The van der Waals surface area contributed by atoms with Crippen LogP contribution in [0.5, 0.6) is 0 Å². The van der Waals surface area contributed by atoms with Crippen LogP contribution in [0.15, 0.2) is 12.4 Å². The number of nitrogens with zero attached hydrogens (tertiary/aromatic N) is 4. The predicted molar refractivity (Wildman–Crippen MR) is 98.8 cm³/mol. The zero-order valence-electron chi connectivity index (χ0n) is 15.8. The number of carbonyl (C=O) groups is 1. The van der Waals surface area contributed by atoms with Gasteiger partial charge in [0.05, 0.1) is 12.0 Å². The summed E-state index contributed by atoms with van der Waals surface area (Å²) < 4.78 is 0. The number of hydrogen-bond acceptors (Lipinski definition) is 4. The fourth-order valence-corrected chi connectivity index (χ4v) is 4.20. The fraction of sp³-hybridized carbons (Fsp3) is 0.632. The number of H-pyrrole nitrogens is 2. The molecule has 0 radical (unpaired) electrons.